The molecule has 0 fully saturated rings. The molecule has 9 heteroatoms. The number of hydrogen-bond donors (Lipinski definition) is 0. The molecule has 0 saturated heterocycles. The molecule has 0 atom stereocenters. The number of nitro groups is 1. The van der Waals surface area contributed by atoms with Gasteiger partial charge >= 0.3 is 5.82 Å². The number of nitrogens with zero attached hydrogens (tertiary/aromatic N) is 4. The second kappa shape index (κ2) is 6.38. The quantitative estimate of drug-likeness (QED) is 0.263. The Kier molecular flexibility index (Phi) is 4.79. The molecule has 1 aliphatic rings. The van der Waals surface area contributed by atoms with Gasteiger partial charge in [0.25, 0.3) is 0 Å². The second-order valence-corrected chi connectivity index (χ2v) is 6.08. The van der Waals surface area contributed by atoms with Crippen molar-refractivity contribution < 1.29 is 4.92 Å². The lowest BCUT2D eigenvalue weighted by Crippen LogP contribution is -2.01. The highest BCUT2D eigenvalue weighted by atomic mass is 35.5. The lowest BCUT2D eigenvalue weighted by molar-refractivity contribution is -0.426. The molecule has 20 heavy (non-hydrogen) atoms. The first-order chi connectivity index (χ1) is 9.50. The van der Waals surface area contributed by atoms with Crippen molar-refractivity contribution >= 4 is 44.2 Å². The van der Waals surface area contributed by atoms with E-state index in [2.05, 4.69) is 14.6 Å². The third kappa shape index (κ3) is 3.20. The molecule has 0 radical (unpaired) electrons. The third-order valence-corrected chi connectivity index (χ3v) is 4.94. The minimum atomic E-state index is -0.610. The number of azo groups is 1. The van der Waals surface area contributed by atoms with Gasteiger partial charge in [0.1, 0.15) is 5.69 Å². The van der Waals surface area contributed by atoms with Gasteiger partial charge in [-0.2, -0.15) is 4.40 Å². The van der Waals surface area contributed by atoms with E-state index in [1.165, 1.54) is 0 Å². The minimum absolute atomic E-state index is 0.0756. The maximum atomic E-state index is 11.1. The van der Waals surface area contributed by atoms with E-state index < -0.39 is 10.7 Å². The maximum absolute atomic E-state index is 11.1. The molecule has 0 N–H and O–H groups in total. The minimum Gasteiger partial charge on any atom is -0.358 e. The Morgan fingerprint density at radius 2 is 2.20 bits per heavy atom. The predicted octanol–water partition coefficient (Wildman–Crippen LogP) is 4.78. The van der Waals surface area contributed by atoms with Crippen LogP contribution < -0.4 is 0 Å². The van der Waals surface area contributed by atoms with Crippen LogP contribution in [0, 0.1) is 24.0 Å². The van der Waals surface area contributed by atoms with Gasteiger partial charge in [0, 0.05) is 0 Å². The normalized spacial score (nSPS) is 17.4. The van der Waals surface area contributed by atoms with Crippen molar-refractivity contribution in [3.8, 4) is 0 Å². The van der Waals surface area contributed by atoms with Crippen molar-refractivity contribution in [1.29, 1.82) is 0 Å². The summed E-state index contributed by atoms with van der Waals surface area (Å²) in [5.74, 6) is -0.394. The molecule has 6 nitrogen and oxygen atoms in total. The summed E-state index contributed by atoms with van der Waals surface area (Å²) in [4.78, 5) is 10.7. The summed E-state index contributed by atoms with van der Waals surface area (Å²) < 4.78 is 3.81. The number of allylic oxidation sites excluding steroid dienone is 1. The molecule has 0 spiro atoms. The zero-order valence-corrected chi connectivity index (χ0v) is 12.9. The summed E-state index contributed by atoms with van der Waals surface area (Å²) >= 11 is 5.80. The molecule has 0 unspecified atom stereocenters. The number of halogens is 1. The first kappa shape index (κ1) is 15.0. The van der Waals surface area contributed by atoms with Gasteiger partial charge < -0.3 is 10.1 Å². The van der Waals surface area contributed by atoms with Crippen LogP contribution in [0.3, 0.4) is 0 Å². The molecule has 1 aromatic carbocycles. The van der Waals surface area contributed by atoms with Gasteiger partial charge in [0.15, 0.2) is 10.1 Å². The fraction of sp³-hybridized carbons (Fsp3) is 0.182. The number of hydrogen-bond acceptors (Lipinski definition) is 7. The summed E-state index contributed by atoms with van der Waals surface area (Å²) in [5.41, 5.74) is 2.56. The van der Waals surface area contributed by atoms with Crippen LogP contribution >= 0.6 is 33.4 Å². The van der Waals surface area contributed by atoms with E-state index >= 15 is 0 Å². The first-order valence-electron chi connectivity index (χ1n) is 5.45. The molecular weight excluding hydrogens is 320 g/mol. The van der Waals surface area contributed by atoms with E-state index in [-0.39, 0.29) is 10.1 Å². The zero-order valence-electron chi connectivity index (χ0n) is 10.5. The van der Waals surface area contributed by atoms with Crippen LogP contribution in [0.1, 0.15) is 11.1 Å². The smallest absolute Gasteiger partial charge is 0.358 e. The van der Waals surface area contributed by atoms with Gasteiger partial charge in [-0.15, -0.1) is 0 Å². The summed E-state index contributed by atoms with van der Waals surface area (Å²) in [6.07, 6.45) is 0. The Hall–Kier alpha value is -1.38. The van der Waals surface area contributed by atoms with Gasteiger partial charge in [-0.25, -0.2) is 0 Å². The fourth-order valence-corrected chi connectivity index (χ4v) is 3.62. The van der Waals surface area contributed by atoms with Crippen LogP contribution in [0.5, 0.6) is 0 Å². The molecule has 0 aromatic heterocycles. The predicted molar refractivity (Wildman–Crippen MR) is 82.9 cm³/mol. The molecule has 0 aliphatic carbocycles. The van der Waals surface area contributed by atoms with E-state index in [1.807, 2.05) is 26.0 Å². The Morgan fingerprint density at radius 3 is 2.80 bits per heavy atom. The lowest BCUT2D eigenvalue weighted by Gasteiger charge is -2.00. The van der Waals surface area contributed by atoms with E-state index in [1.54, 1.807) is 6.07 Å². The Balaban J connectivity index is 2.39. The molecular formula is C11H9ClN4O2S2. The van der Waals surface area contributed by atoms with Gasteiger partial charge in [-0.1, -0.05) is 23.7 Å². The topological polar surface area (TPSA) is 80.2 Å². The maximum Gasteiger partial charge on any atom is 0.408 e. The van der Waals surface area contributed by atoms with Crippen molar-refractivity contribution in [2.45, 2.75) is 13.8 Å². The third-order valence-electron chi connectivity index (χ3n) is 2.63. The molecule has 104 valence electrons. The number of benzene rings is 1. The van der Waals surface area contributed by atoms with Crippen LogP contribution in [0.25, 0.3) is 0 Å². The molecule has 2 rings (SSSR count). The highest BCUT2D eigenvalue weighted by Gasteiger charge is 2.27. The largest absolute Gasteiger partial charge is 0.408 e. The van der Waals surface area contributed by atoms with Crippen LogP contribution in [0.4, 0.5) is 5.69 Å². The van der Waals surface area contributed by atoms with E-state index in [0.717, 1.165) is 32.9 Å². The van der Waals surface area contributed by atoms with Crippen LogP contribution in [0.2, 0.25) is 0 Å². The molecule has 1 aliphatic heterocycles. The molecule has 0 saturated carbocycles. The Morgan fingerprint density at radius 1 is 1.45 bits per heavy atom. The standard InChI is InChI=1S/C11H9ClN4O2S2/c1-6-4-3-5-8(7(6)2)13-14-11(16(17)18)9-10(12)15-20-19-9/h3-5H,1-2H3/b11-9+,14-13?. The Bertz CT molecular complexity index is 658. The van der Waals surface area contributed by atoms with Gasteiger partial charge in [0.05, 0.1) is 16.1 Å². The SMILES string of the molecule is Cc1cccc(N=N/C(=C2\SSN=C2Cl)[N+](=O)[O-])c1C. The number of aryl methyl sites for hydroxylation is 1. The van der Waals surface area contributed by atoms with Crippen molar-refractivity contribution in [3.63, 3.8) is 0 Å². The Labute approximate surface area is 128 Å². The second-order valence-electron chi connectivity index (χ2n) is 3.87. The van der Waals surface area contributed by atoms with E-state index in [4.69, 9.17) is 11.6 Å². The number of rotatable bonds is 3. The van der Waals surface area contributed by atoms with Crippen molar-refractivity contribution in [2.24, 2.45) is 14.6 Å². The zero-order chi connectivity index (χ0) is 14.7. The van der Waals surface area contributed by atoms with Crippen LogP contribution in [-0.4, -0.2) is 10.1 Å². The van der Waals surface area contributed by atoms with Gasteiger partial charge in [0.2, 0.25) is 0 Å². The molecule has 1 aromatic rings. The van der Waals surface area contributed by atoms with Gasteiger partial charge in [-0.05, 0) is 51.9 Å². The molecule has 0 bridgehead atoms. The average molecular weight is 329 g/mol. The summed E-state index contributed by atoms with van der Waals surface area (Å²) in [7, 11) is 2.17. The van der Waals surface area contributed by atoms with Gasteiger partial charge in [-0.3, -0.25) is 0 Å². The fourth-order valence-electron chi connectivity index (χ4n) is 1.40. The highest BCUT2D eigenvalue weighted by Crippen LogP contribution is 2.42. The van der Waals surface area contributed by atoms with Crippen LogP contribution in [0.15, 0.2) is 43.6 Å². The van der Waals surface area contributed by atoms with E-state index in [0.29, 0.717) is 5.69 Å². The molecule has 0 amide bonds. The van der Waals surface area contributed by atoms with Crippen molar-refractivity contribution in [1.82, 2.24) is 0 Å². The van der Waals surface area contributed by atoms with Crippen LogP contribution in [-0.2, 0) is 0 Å². The summed E-state index contributed by atoms with van der Waals surface area (Å²) in [6, 6.07) is 5.51. The van der Waals surface area contributed by atoms with Crippen molar-refractivity contribution in [3.05, 3.63) is 50.2 Å². The van der Waals surface area contributed by atoms with Crippen molar-refractivity contribution in [2.75, 3.05) is 0 Å². The first-order valence-corrected chi connectivity index (χ1v) is 7.93. The highest BCUT2D eigenvalue weighted by molar-refractivity contribution is 8.78. The lowest BCUT2D eigenvalue weighted by atomic mass is 10.1. The summed E-state index contributed by atoms with van der Waals surface area (Å²) in [5, 5.41) is 18.8. The molecule has 1 heterocycles. The summed E-state index contributed by atoms with van der Waals surface area (Å²) in [6.45, 7) is 3.82. The monoisotopic (exact) mass is 328 g/mol. The van der Waals surface area contributed by atoms with E-state index in [9.17, 15) is 10.1 Å². The average Bonchev–Trinajstić information content (AvgIpc) is 2.81.